The Morgan fingerprint density at radius 1 is 1.23 bits per heavy atom. The second-order valence-corrected chi connectivity index (χ2v) is 9.91. The van der Waals surface area contributed by atoms with Crippen LogP contribution in [-0.4, -0.2) is 69.0 Å². The monoisotopic (exact) mass is 542 g/mol. The molecule has 206 valence electrons. The quantitative estimate of drug-likeness (QED) is 0.318. The van der Waals surface area contributed by atoms with Gasteiger partial charge in [0.15, 0.2) is 5.65 Å². The van der Waals surface area contributed by atoms with Gasteiger partial charge in [-0.3, -0.25) is 19.6 Å². The lowest BCUT2D eigenvalue weighted by atomic mass is 10.0. The van der Waals surface area contributed by atoms with Gasteiger partial charge in [-0.2, -0.15) is 5.10 Å². The molecule has 0 unspecified atom stereocenters. The number of halogens is 1. The van der Waals surface area contributed by atoms with Gasteiger partial charge in [-0.05, 0) is 73.5 Å². The first-order valence-electron chi connectivity index (χ1n) is 13.1. The average molecular weight is 543 g/mol. The smallest absolute Gasteiger partial charge is 0.256 e. The highest BCUT2D eigenvalue weighted by atomic mass is 19.1. The van der Waals surface area contributed by atoms with Crippen LogP contribution in [0.2, 0.25) is 0 Å². The van der Waals surface area contributed by atoms with Crippen molar-refractivity contribution >= 4 is 28.7 Å². The van der Waals surface area contributed by atoms with Crippen LogP contribution in [-0.2, 0) is 4.79 Å². The van der Waals surface area contributed by atoms with E-state index in [0.29, 0.717) is 65.5 Å². The summed E-state index contributed by atoms with van der Waals surface area (Å²) in [6, 6.07) is 15.5. The second-order valence-electron chi connectivity index (χ2n) is 9.91. The van der Waals surface area contributed by atoms with Crippen molar-refractivity contribution < 1.29 is 18.7 Å². The minimum absolute atomic E-state index is 0.00947. The zero-order valence-electron chi connectivity index (χ0n) is 22.4. The third kappa shape index (κ3) is 5.86. The molecular formula is C30H31FN6O3. The molecule has 0 radical (unpaired) electrons. The molecule has 2 amide bonds. The van der Waals surface area contributed by atoms with Crippen LogP contribution in [0.25, 0.3) is 11.0 Å². The maximum atomic E-state index is 14.5. The molecule has 1 fully saturated rings. The molecule has 10 heteroatoms. The van der Waals surface area contributed by atoms with Crippen molar-refractivity contribution in [2.75, 3.05) is 31.5 Å². The number of nitrogens with zero attached hydrogens (tertiary/aromatic N) is 4. The largest absolute Gasteiger partial charge is 0.484 e. The average Bonchev–Trinajstić information content (AvgIpc) is 3.37. The summed E-state index contributed by atoms with van der Waals surface area (Å²) in [4.78, 5) is 33.2. The van der Waals surface area contributed by atoms with Crippen LogP contribution < -0.4 is 10.1 Å². The van der Waals surface area contributed by atoms with Crippen LogP contribution in [0.4, 0.5) is 10.2 Å². The number of ether oxygens (including phenoxy) is 1. The number of benzene rings is 2. The van der Waals surface area contributed by atoms with Gasteiger partial charge in [0.1, 0.15) is 23.5 Å². The number of aromatic amines is 1. The van der Waals surface area contributed by atoms with Gasteiger partial charge in [-0.25, -0.2) is 9.37 Å². The molecule has 1 aliphatic heterocycles. The predicted octanol–water partition coefficient (Wildman–Crippen LogP) is 4.50. The van der Waals surface area contributed by atoms with E-state index in [4.69, 9.17) is 4.74 Å². The molecule has 4 aromatic rings. The Labute approximate surface area is 231 Å². The van der Waals surface area contributed by atoms with Gasteiger partial charge < -0.3 is 15.0 Å². The number of aryl methyl sites for hydroxylation is 1. The first kappa shape index (κ1) is 27.0. The summed E-state index contributed by atoms with van der Waals surface area (Å²) in [5.41, 5.74) is 2.22. The number of piperazine rings is 1. The Hall–Kier alpha value is -4.57. The van der Waals surface area contributed by atoms with Crippen molar-refractivity contribution in [2.24, 2.45) is 0 Å². The van der Waals surface area contributed by atoms with E-state index in [2.05, 4.69) is 32.0 Å². The predicted molar refractivity (Wildman–Crippen MR) is 151 cm³/mol. The summed E-state index contributed by atoms with van der Waals surface area (Å²) in [6.45, 7) is 9.72. The van der Waals surface area contributed by atoms with Crippen molar-refractivity contribution in [3.63, 3.8) is 0 Å². The highest BCUT2D eigenvalue weighted by Gasteiger charge is 2.28. The molecular weight excluding hydrogens is 511 g/mol. The third-order valence-electron chi connectivity index (χ3n) is 7.12. The molecule has 2 aromatic carbocycles. The van der Waals surface area contributed by atoms with E-state index in [0.717, 1.165) is 0 Å². The lowest BCUT2D eigenvalue weighted by Gasteiger charge is -2.40. The Bertz CT molecular complexity index is 1540. The zero-order valence-corrected chi connectivity index (χ0v) is 22.4. The van der Waals surface area contributed by atoms with Crippen molar-refractivity contribution in [1.29, 1.82) is 0 Å². The lowest BCUT2D eigenvalue weighted by Crippen LogP contribution is -2.54. The maximum Gasteiger partial charge on any atom is 0.256 e. The summed E-state index contributed by atoms with van der Waals surface area (Å²) < 4.78 is 20.9. The SMILES string of the molecule is C=CC(=O)N1CCN(C[C@H](Oc2ccc(C(=O)Nc3[nH]nc4ncccc34)cc2)c2ccc(C)c(F)c2)C[C@H]1C. The van der Waals surface area contributed by atoms with Gasteiger partial charge in [-0.1, -0.05) is 18.7 Å². The van der Waals surface area contributed by atoms with E-state index in [1.807, 2.05) is 19.1 Å². The third-order valence-corrected chi connectivity index (χ3v) is 7.12. The molecule has 0 aliphatic carbocycles. The fourth-order valence-corrected chi connectivity index (χ4v) is 4.88. The van der Waals surface area contributed by atoms with Crippen LogP contribution in [0.15, 0.2) is 73.4 Å². The van der Waals surface area contributed by atoms with Crippen molar-refractivity contribution in [2.45, 2.75) is 26.0 Å². The normalized spacial score (nSPS) is 16.5. The molecule has 2 aromatic heterocycles. The topological polar surface area (TPSA) is 103 Å². The fraction of sp³-hybridized carbons (Fsp3) is 0.267. The molecule has 40 heavy (non-hydrogen) atoms. The van der Waals surface area contributed by atoms with Gasteiger partial charge in [0.25, 0.3) is 5.91 Å². The van der Waals surface area contributed by atoms with Gasteiger partial charge >= 0.3 is 0 Å². The molecule has 0 saturated carbocycles. The van der Waals surface area contributed by atoms with E-state index in [1.165, 1.54) is 12.1 Å². The summed E-state index contributed by atoms with van der Waals surface area (Å²) in [5, 5.41) is 10.4. The molecule has 0 spiro atoms. The molecule has 5 rings (SSSR count). The number of aromatic nitrogens is 3. The van der Waals surface area contributed by atoms with Gasteiger partial charge in [0.05, 0.1) is 5.39 Å². The molecule has 1 saturated heterocycles. The standard InChI is InChI=1S/C30H31FN6O3/c1-4-27(38)37-15-14-36(17-20(37)3)18-26(22-8-7-19(2)25(31)16-22)40-23-11-9-21(10-12-23)30(39)33-29-24-6-5-13-32-28(24)34-35-29/h4-13,16,20,26H,1,14-15,17-18H2,2-3H3,(H2,32,33,34,35,39)/t20-,26+/m1/s1. The van der Waals surface area contributed by atoms with Crippen LogP contribution >= 0.6 is 0 Å². The number of hydrogen-bond acceptors (Lipinski definition) is 6. The van der Waals surface area contributed by atoms with E-state index in [1.54, 1.807) is 54.4 Å². The molecule has 0 bridgehead atoms. The number of anilines is 1. The first-order valence-corrected chi connectivity index (χ1v) is 13.1. The summed E-state index contributed by atoms with van der Waals surface area (Å²) >= 11 is 0. The zero-order chi connectivity index (χ0) is 28.2. The van der Waals surface area contributed by atoms with E-state index < -0.39 is 6.10 Å². The minimum Gasteiger partial charge on any atom is -0.484 e. The number of carbonyl (C=O) groups excluding carboxylic acids is 2. The van der Waals surface area contributed by atoms with Gasteiger partial charge in [0, 0.05) is 44.0 Å². The second kappa shape index (κ2) is 11.7. The minimum atomic E-state index is -0.465. The van der Waals surface area contributed by atoms with Crippen LogP contribution in [0.3, 0.4) is 0 Å². The molecule has 1 aliphatic rings. The highest BCUT2D eigenvalue weighted by Crippen LogP contribution is 2.27. The molecule has 2 atom stereocenters. The Kier molecular flexibility index (Phi) is 7.88. The van der Waals surface area contributed by atoms with E-state index in [-0.39, 0.29) is 23.7 Å². The Balaban J connectivity index is 1.30. The number of nitrogens with one attached hydrogen (secondary N) is 2. The molecule has 9 nitrogen and oxygen atoms in total. The highest BCUT2D eigenvalue weighted by molar-refractivity contribution is 6.07. The fourth-order valence-electron chi connectivity index (χ4n) is 4.88. The molecule has 3 heterocycles. The molecule has 2 N–H and O–H groups in total. The summed E-state index contributed by atoms with van der Waals surface area (Å²) in [6.07, 6.45) is 2.51. The van der Waals surface area contributed by atoms with Crippen molar-refractivity contribution in [1.82, 2.24) is 25.0 Å². The van der Waals surface area contributed by atoms with Crippen molar-refractivity contribution in [3.8, 4) is 5.75 Å². The summed E-state index contributed by atoms with van der Waals surface area (Å²) in [5.74, 6) is 0.335. The van der Waals surface area contributed by atoms with Crippen molar-refractivity contribution in [3.05, 3.63) is 96.0 Å². The van der Waals surface area contributed by atoms with Crippen LogP contribution in [0, 0.1) is 12.7 Å². The summed E-state index contributed by atoms with van der Waals surface area (Å²) in [7, 11) is 0. The van der Waals surface area contributed by atoms with Gasteiger partial charge in [-0.15, -0.1) is 0 Å². The number of pyridine rings is 1. The van der Waals surface area contributed by atoms with E-state index in [9.17, 15) is 14.0 Å². The van der Waals surface area contributed by atoms with Gasteiger partial charge in [0.2, 0.25) is 5.91 Å². The number of amides is 2. The van der Waals surface area contributed by atoms with Crippen LogP contribution in [0.1, 0.15) is 34.5 Å². The number of carbonyl (C=O) groups is 2. The Morgan fingerprint density at radius 3 is 2.75 bits per heavy atom. The lowest BCUT2D eigenvalue weighted by molar-refractivity contribution is -0.130. The Morgan fingerprint density at radius 2 is 2.02 bits per heavy atom. The van der Waals surface area contributed by atoms with Crippen LogP contribution in [0.5, 0.6) is 5.75 Å². The maximum absolute atomic E-state index is 14.5. The number of fused-ring (bicyclic) bond motifs is 1. The number of hydrogen-bond donors (Lipinski definition) is 2. The van der Waals surface area contributed by atoms with E-state index >= 15 is 0 Å². The number of H-pyrrole nitrogens is 1. The first-order chi connectivity index (χ1) is 19.3. The number of rotatable bonds is 8.